The number of hydrogen-bond donors (Lipinski definition) is 0. The molecule has 2 aliphatic carbocycles. The predicted octanol–water partition coefficient (Wildman–Crippen LogP) is 4.26. The third-order valence-electron chi connectivity index (χ3n) is 5.89. The van der Waals surface area contributed by atoms with Crippen molar-refractivity contribution in [1.82, 2.24) is 0 Å². The molecule has 2 fully saturated rings. The van der Waals surface area contributed by atoms with Crippen LogP contribution in [0.15, 0.2) is 0 Å². The van der Waals surface area contributed by atoms with E-state index >= 15 is 0 Å². The van der Waals surface area contributed by atoms with Gasteiger partial charge in [-0.15, -0.1) is 0 Å². The van der Waals surface area contributed by atoms with Crippen molar-refractivity contribution in [3.05, 3.63) is 0 Å². The summed E-state index contributed by atoms with van der Waals surface area (Å²) in [5.41, 5.74) is -0.245. The van der Waals surface area contributed by atoms with E-state index in [-0.39, 0.29) is 17.4 Å². The highest BCUT2D eigenvalue weighted by Crippen LogP contribution is 2.54. The average molecular weight is 324 g/mol. The SMILES string of the molecule is CCOC(=O)CC(CC(=O)OCC)(C1CCCC1)C1CCCC1. The molecule has 2 rings (SSSR count). The number of carbonyl (C=O) groups excluding carboxylic acids is 2. The molecule has 0 N–H and O–H groups in total. The first-order valence-corrected chi connectivity index (χ1v) is 9.43. The molecule has 132 valence electrons. The normalized spacial score (nSPS) is 19.9. The molecule has 23 heavy (non-hydrogen) atoms. The maximum absolute atomic E-state index is 12.3. The maximum atomic E-state index is 12.3. The highest BCUT2D eigenvalue weighted by atomic mass is 16.5. The van der Waals surface area contributed by atoms with Gasteiger partial charge in [0.1, 0.15) is 0 Å². The van der Waals surface area contributed by atoms with Crippen molar-refractivity contribution in [1.29, 1.82) is 0 Å². The Kier molecular flexibility index (Phi) is 6.91. The Balaban J connectivity index is 2.26. The van der Waals surface area contributed by atoms with Gasteiger partial charge in [0.05, 0.1) is 26.1 Å². The second-order valence-electron chi connectivity index (χ2n) is 7.16. The molecule has 0 saturated heterocycles. The Morgan fingerprint density at radius 1 is 0.783 bits per heavy atom. The van der Waals surface area contributed by atoms with E-state index in [2.05, 4.69) is 0 Å². The van der Waals surface area contributed by atoms with Crippen molar-refractivity contribution >= 4 is 11.9 Å². The summed E-state index contributed by atoms with van der Waals surface area (Å²) >= 11 is 0. The second-order valence-corrected chi connectivity index (χ2v) is 7.16. The number of rotatable bonds is 8. The molecule has 0 bridgehead atoms. The quantitative estimate of drug-likeness (QED) is 0.626. The van der Waals surface area contributed by atoms with Crippen molar-refractivity contribution < 1.29 is 19.1 Å². The molecule has 2 saturated carbocycles. The summed E-state index contributed by atoms with van der Waals surface area (Å²) in [6.07, 6.45) is 10.2. The maximum Gasteiger partial charge on any atom is 0.306 e. The Hall–Kier alpha value is -1.06. The van der Waals surface area contributed by atoms with E-state index in [0.717, 1.165) is 25.7 Å². The van der Waals surface area contributed by atoms with Gasteiger partial charge in [0.2, 0.25) is 0 Å². The van der Waals surface area contributed by atoms with Crippen LogP contribution < -0.4 is 0 Å². The van der Waals surface area contributed by atoms with Crippen LogP contribution in [-0.4, -0.2) is 25.2 Å². The molecule has 0 unspecified atom stereocenters. The van der Waals surface area contributed by atoms with Gasteiger partial charge in [-0.2, -0.15) is 0 Å². The van der Waals surface area contributed by atoms with E-state index in [9.17, 15) is 9.59 Å². The third kappa shape index (κ3) is 4.48. The van der Waals surface area contributed by atoms with Crippen LogP contribution in [0.4, 0.5) is 0 Å². The molecule has 0 aromatic carbocycles. The van der Waals surface area contributed by atoms with E-state index in [0.29, 0.717) is 37.9 Å². The van der Waals surface area contributed by atoms with Gasteiger partial charge in [0.25, 0.3) is 0 Å². The van der Waals surface area contributed by atoms with E-state index in [4.69, 9.17) is 9.47 Å². The van der Waals surface area contributed by atoms with Gasteiger partial charge in [0, 0.05) is 0 Å². The molecular formula is C19H32O4. The average Bonchev–Trinajstić information content (AvgIpc) is 3.21. The fourth-order valence-corrected chi connectivity index (χ4v) is 4.94. The molecular weight excluding hydrogens is 292 g/mol. The minimum Gasteiger partial charge on any atom is -0.466 e. The summed E-state index contributed by atoms with van der Waals surface area (Å²) < 4.78 is 10.5. The second kappa shape index (κ2) is 8.70. The van der Waals surface area contributed by atoms with Crippen LogP contribution in [-0.2, 0) is 19.1 Å². The van der Waals surface area contributed by atoms with Crippen LogP contribution in [0, 0.1) is 17.3 Å². The van der Waals surface area contributed by atoms with Gasteiger partial charge in [-0.3, -0.25) is 9.59 Å². The Labute approximate surface area is 140 Å². The van der Waals surface area contributed by atoms with Gasteiger partial charge < -0.3 is 9.47 Å². The van der Waals surface area contributed by atoms with E-state index in [1.165, 1.54) is 25.7 Å². The monoisotopic (exact) mass is 324 g/mol. The molecule has 0 radical (unpaired) electrons. The fourth-order valence-electron chi connectivity index (χ4n) is 4.94. The van der Waals surface area contributed by atoms with E-state index in [1.54, 1.807) is 0 Å². The van der Waals surface area contributed by atoms with Gasteiger partial charge in [-0.05, 0) is 56.8 Å². The zero-order valence-corrected chi connectivity index (χ0v) is 14.8. The minimum absolute atomic E-state index is 0.143. The molecule has 4 heteroatoms. The first-order chi connectivity index (χ1) is 11.1. The van der Waals surface area contributed by atoms with Crippen molar-refractivity contribution in [2.24, 2.45) is 17.3 Å². The van der Waals surface area contributed by atoms with Crippen molar-refractivity contribution in [2.75, 3.05) is 13.2 Å². The molecule has 0 heterocycles. The Morgan fingerprint density at radius 3 is 1.43 bits per heavy atom. The summed E-state index contributed by atoms with van der Waals surface area (Å²) in [5.74, 6) is 0.630. The molecule has 0 atom stereocenters. The molecule has 2 aliphatic rings. The lowest BCUT2D eigenvalue weighted by molar-refractivity contribution is -0.155. The smallest absolute Gasteiger partial charge is 0.306 e. The van der Waals surface area contributed by atoms with Crippen LogP contribution >= 0.6 is 0 Å². The Morgan fingerprint density at radius 2 is 1.13 bits per heavy atom. The summed E-state index contributed by atoms with van der Waals surface area (Å²) in [5, 5.41) is 0. The summed E-state index contributed by atoms with van der Waals surface area (Å²) in [4.78, 5) is 24.7. The minimum atomic E-state index is -0.245. The zero-order chi connectivity index (χ0) is 16.7. The molecule has 0 amide bonds. The fraction of sp³-hybridized carbons (Fsp3) is 0.895. The molecule has 0 spiro atoms. The topological polar surface area (TPSA) is 52.6 Å². The van der Waals surface area contributed by atoms with Crippen molar-refractivity contribution in [3.8, 4) is 0 Å². The number of ether oxygens (including phenoxy) is 2. The first kappa shape index (κ1) is 18.3. The lowest BCUT2D eigenvalue weighted by Crippen LogP contribution is -2.41. The van der Waals surface area contributed by atoms with Gasteiger partial charge >= 0.3 is 11.9 Å². The lowest BCUT2D eigenvalue weighted by atomic mass is 9.61. The van der Waals surface area contributed by atoms with Crippen LogP contribution in [0.5, 0.6) is 0 Å². The zero-order valence-electron chi connectivity index (χ0n) is 14.8. The summed E-state index contributed by atoms with van der Waals surface area (Å²) in [6.45, 7) is 4.50. The predicted molar refractivity (Wildman–Crippen MR) is 88.8 cm³/mol. The Bertz CT molecular complexity index is 354. The van der Waals surface area contributed by atoms with Crippen LogP contribution in [0.25, 0.3) is 0 Å². The lowest BCUT2D eigenvalue weighted by Gasteiger charge is -2.43. The molecule has 0 aliphatic heterocycles. The van der Waals surface area contributed by atoms with E-state index < -0.39 is 0 Å². The summed E-state index contributed by atoms with van der Waals surface area (Å²) in [6, 6.07) is 0. The van der Waals surface area contributed by atoms with Crippen molar-refractivity contribution in [2.45, 2.75) is 78.1 Å². The van der Waals surface area contributed by atoms with E-state index in [1.807, 2.05) is 13.8 Å². The highest BCUT2D eigenvalue weighted by molar-refractivity contribution is 5.74. The van der Waals surface area contributed by atoms with Gasteiger partial charge in [-0.1, -0.05) is 25.7 Å². The van der Waals surface area contributed by atoms with Crippen LogP contribution in [0.1, 0.15) is 78.1 Å². The van der Waals surface area contributed by atoms with Gasteiger partial charge in [-0.25, -0.2) is 0 Å². The summed E-state index contributed by atoms with van der Waals surface area (Å²) in [7, 11) is 0. The molecule has 0 aromatic rings. The van der Waals surface area contributed by atoms with Crippen LogP contribution in [0.3, 0.4) is 0 Å². The third-order valence-corrected chi connectivity index (χ3v) is 5.89. The number of esters is 2. The van der Waals surface area contributed by atoms with Crippen molar-refractivity contribution in [3.63, 3.8) is 0 Å². The van der Waals surface area contributed by atoms with Gasteiger partial charge in [0.15, 0.2) is 0 Å². The standard InChI is InChI=1S/C19H32O4/c1-3-22-17(20)13-19(14-18(21)23-4-2,15-9-5-6-10-15)16-11-7-8-12-16/h15-16H,3-14H2,1-2H3. The number of hydrogen-bond acceptors (Lipinski definition) is 4. The first-order valence-electron chi connectivity index (χ1n) is 9.43. The molecule has 4 nitrogen and oxygen atoms in total. The largest absolute Gasteiger partial charge is 0.466 e. The number of carbonyl (C=O) groups is 2. The van der Waals surface area contributed by atoms with Crippen LogP contribution in [0.2, 0.25) is 0 Å². The highest BCUT2D eigenvalue weighted by Gasteiger charge is 2.49. The molecule has 0 aromatic heterocycles.